The molecule has 2 aromatic carbocycles. The summed E-state index contributed by atoms with van der Waals surface area (Å²) in [4.78, 5) is 12.9. The monoisotopic (exact) mass is 285 g/mol. The van der Waals surface area contributed by atoms with Gasteiger partial charge in [-0.1, -0.05) is 24.3 Å². The van der Waals surface area contributed by atoms with Crippen molar-refractivity contribution in [2.24, 2.45) is 0 Å². The summed E-state index contributed by atoms with van der Waals surface area (Å²) < 4.78 is 5.41. The van der Waals surface area contributed by atoms with Crippen LogP contribution in [0, 0.1) is 0 Å². The van der Waals surface area contributed by atoms with E-state index in [0.29, 0.717) is 5.75 Å². The molecule has 0 aliphatic rings. The van der Waals surface area contributed by atoms with Crippen LogP contribution in [-0.4, -0.2) is 31.3 Å². The summed E-state index contributed by atoms with van der Waals surface area (Å²) in [6.45, 7) is 1.52. The molecule has 0 fully saturated rings. The van der Waals surface area contributed by atoms with Gasteiger partial charge in [0.15, 0.2) is 6.10 Å². The standard InChI is InChI=1S/C17H19NO3/c1-12(17(19)20)21-16-9-5-7-14(11-16)13-6-4-8-15(10-13)18(2)3/h4-12H,1-3H3,(H,19,20)/t12-/m1/s1. The van der Waals surface area contributed by atoms with Crippen LogP contribution in [0.5, 0.6) is 5.75 Å². The van der Waals surface area contributed by atoms with E-state index in [1.165, 1.54) is 6.92 Å². The van der Waals surface area contributed by atoms with Crippen molar-refractivity contribution in [2.45, 2.75) is 13.0 Å². The Morgan fingerprint density at radius 1 is 1.10 bits per heavy atom. The van der Waals surface area contributed by atoms with Crippen molar-refractivity contribution in [3.05, 3.63) is 48.5 Å². The van der Waals surface area contributed by atoms with Crippen LogP contribution in [0.1, 0.15) is 6.92 Å². The van der Waals surface area contributed by atoms with Gasteiger partial charge >= 0.3 is 5.97 Å². The number of rotatable bonds is 5. The first-order valence-electron chi connectivity index (χ1n) is 6.74. The minimum absolute atomic E-state index is 0.553. The Morgan fingerprint density at radius 3 is 2.33 bits per heavy atom. The summed E-state index contributed by atoms with van der Waals surface area (Å²) in [5.41, 5.74) is 3.17. The molecule has 4 nitrogen and oxygen atoms in total. The predicted molar refractivity (Wildman–Crippen MR) is 83.9 cm³/mol. The minimum atomic E-state index is -0.977. The molecular weight excluding hydrogens is 266 g/mol. The van der Waals surface area contributed by atoms with Crippen LogP contribution in [0.15, 0.2) is 48.5 Å². The smallest absolute Gasteiger partial charge is 0.344 e. The SMILES string of the molecule is C[C@@H](Oc1cccc(-c2cccc(N(C)C)c2)c1)C(=O)O. The molecule has 1 atom stereocenters. The maximum absolute atomic E-state index is 10.8. The van der Waals surface area contributed by atoms with Gasteiger partial charge in [-0.05, 0) is 42.3 Å². The summed E-state index contributed by atoms with van der Waals surface area (Å²) in [5.74, 6) is -0.423. The number of carboxylic acid groups (broad SMARTS) is 1. The Balaban J connectivity index is 2.28. The first-order valence-corrected chi connectivity index (χ1v) is 6.74. The number of aliphatic carboxylic acids is 1. The van der Waals surface area contributed by atoms with Gasteiger partial charge in [0, 0.05) is 19.8 Å². The van der Waals surface area contributed by atoms with Gasteiger partial charge < -0.3 is 14.7 Å². The highest BCUT2D eigenvalue weighted by molar-refractivity contribution is 5.73. The highest BCUT2D eigenvalue weighted by atomic mass is 16.5. The third-order valence-corrected chi connectivity index (χ3v) is 3.19. The fraction of sp³-hybridized carbons (Fsp3) is 0.235. The second-order valence-corrected chi connectivity index (χ2v) is 5.07. The molecule has 0 spiro atoms. The molecule has 0 unspecified atom stereocenters. The van der Waals surface area contributed by atoms with Crippen molar-refractivity contribution in [3.63, 3.8) is 0 Å². The molecule has 0 saturated carbocycles. The average Bonchev–Trinajstić information content (AvgIpc) is 2.47. The molecular formula is C17H19NO3. The van der Waals surface area contributed by atoms with Gasteiger partial charge in [0.05, 0.1) is 0 Å². The molecule has 0 aliphatic heterocycles. The molecule has 2 aromatic rings. The summed E-state index contributed by atoms with van der Waals surface area (Å²) >= 11 is 0. The van der Waals surface area contributed by atoms with Crippen molar-refractivity contribution in [3.8, 4) is 16.9 Å². The maximum Gasteiger partial charge on any atom is 0.344 e. The number of carboxylic acids is 1. The Kier molecular flexibility index (Phi) is 4.48. The van der Waals surface area contributed by atoms with Crippen LogP contribution < -0.4 is 9.64 Å². The van der Waals surface area contributed by atoms with Crippen molar-refractivity contribution in [2.75, 3.05) is 19.0 Å². The van der Waals surface area contributed by atoms with Crippen LogP contribution >= 0.6 is 0 Å². The normalized spacial score (nSPS) is 11.8. The van der Waals surface area contributed by atoms with Crippen LogP contribution in [-0.2, 0) is 4.79 Å². The van der Waals surface area contributed by atoms with Gasteiger partial charge in [0.2, 0.25) is 0 Å². The summed E-state index contributed by atoms with van der Waals surface area (Å²) in [7, 11) is 3.99. The molecule has 0 heterocycles. The topological polar surface area (TPSA) is 49.8 Å². The Morgan fingerprint density at radius 2 is 1.71 bits per heavy atom. The van der Waals surface area contributed by atoms with E-state index in [1.807, 2.05) is 55.4 Å². The fourth-order valence-electron chi connectivity index (χ4n) is 1.97. The molecule has 0 saturated heterocycles. The highest BCUT2D eigenvalue weighted by Crippen LogP contribution is 2.27. The number of carbonyl (C=O) groups is 1. The fourth-order valence-corrected chi connectivity index (χ4v) is 1.97. The van der Waals surface area contributed by atoms with E-state index in [4.69, 9.17) is 9.84 Å². The maximum atomic E-state index is 10.8. The van der Waals surface area contributed by atoms with Crippen LogP contribution in [0.4, 0.5) is 5.69 Å². The van der Waals surface area contributed by atoms with Gasteiger partial charge in [-0.2, -0.15) is 0 Å². The summed E-state index contributed by atoms with van der Waals surface area (Å²) in [6, 6.07) is 15.6. The quantitative estimate of drug-likeness (QED) is 0.916. The second kappa shape index (κ2) is 6.31. The van der Waals surface area contributed by atoms with E-state index in [9.17, 15) is 4.79 Å². The number of hydrogen-bond acceptors (Lipinski definition) is 3. The van der Waals surface area contributed by atoms with Crippen LogP contribution in [0.25, 0.3) is 11.1 Å². The molecule has 0 amide bonds. The predicted octanol–water partition coefficient (Wildman–Crippen LogP) is 3.27. The van der Waals surface area contributed by atoms with Gasteiger partial charge in [0.1, 0.15) is 5.75 Å². The number of ether oxygens (including phenoxy) is 1. The summed E-state index contributed by atoms with van der Waals surface area (Å²) in [6.07, 6.45) is -0.867. The number of hydrogen-bond donors (Lipinski definition) is 1. The Labute approximate surface area is 124 Å². The van der Waals surface area contributed by atoms with E-state index in [-0.39, 0.29) is 0 Å². The van der Waals surface area contributed by atoms with Gasteiger partial charge in [-0.3, -0.25) is 0 Å². The first kappa shape index (κ1) is 14.9. The first-order chi connectivity index (χ1) is 9.97. The van der Waals surface area contributed by atoms with Crippen molar-refractivity contribution < 1.29 is 14.6 Å². The molecule has 21 heavy (non-hydrogen) atoms. The van der Waals surface area contributed by atoms with Crippen LogP contribution in [0.2, 0.25) is 0 Å². The molecule has 0 aromatic heterocycles. The molecule has 0 aliphatic carbocycles. The lowest BCUT2D eigenvalue weighted by Crippen LogP contribution is -2.22. The lowest BCUT2D eigenvalue weighted by atomic mass is 10.0. The largest absolute Gasteiger partial charge is 0.479 e. The lowest BCUT2D eigenvalue weighted by Gasteiger charge is -2.14. The van der Waals surface area contributed by atoms with Crippen LogP contribution in [0.3, 0.4) is 0 Å². The number of benzene rings is 2. The Bertz CT molecular complexity index is 637. The average molecular weight is 285 g/mol. The van der Waals surface area contributed by atoms with E-state index in [2.05, 4.69) is 6.07 Å². The van der Waals surface area contributed by atoms with Crippen molar-refractivity contribution in [1.29, 1.82) is 0 Å². The van der Waals surface area contributed by atoms with E-state index < -0.39 is 12.1 Å². The zero-order valence-electron chi connectivity index (χ0n) is 12.4. The molecule has 0 bridgehead atoms. The third-order valence-electron chi connectivity index (χ3n) is 3.19. The molecule has 2 rings (SSSR count). The van der Waals surface area contributed by atoms with Gasteiger partial charge in [-0.15, -0.1) is 0 Å². The molecule has 4 heteroatoms. The summed E-state index contributed by atoms with van der Waals surface area (Å²) in [5, 5.41) is 8.90. The Hall–Kier alpha value is -2.49. The zero-order valence-corrected chi connectivity index (χ0v) is 12.4. The molecule has 1 N–H and O–H groups in total. The highest BCUT2D eigenvalue weighted by Gasteiger charge is 2.12. The van der Waals surface area contributed by atoms with Crippen molar-refractivity contribution >= 4 is 11.7 Å². The lowest BCUT2D eigenvalue weighted by molar-refractivity contribution is -0.144. The van der Waals surface area contributed by atoms with E-state index >= 15 is 0 Å². The van der Waals surface area contributed by atoms with Gasteiger partial charge in [-0.25, -0.2) is 4.79 Å². The minimum Gasteiger partial charge on any atom is -0.479 e. The van der Waals surface area contributed by atoms with E-state index in [1.54, 1.807) is 6.07 Å². The number of nitrogens with zero attached hydrogens (tertiary/aromatic N) is 1. The van der Waals surface area contributed by atoms with Gasteiger partial charge in [0.25, 0.3) is 0 Å². The third kappa shape index (κ3) is 3.75. The molecule has 0 radical (unpaired) electrons. The van der Waals surface area contributed by atoms with E-state index in [0.717, 1.165) is 16.8 Å². The molecule has 110 valence electrons. The van der Waals surface area contributed by atoms with Crippen molar-refractivity contribution in [1.82, 2.24) is 0 Å². The number of anilines is 1. The zero-order chi connectivity index (χ0) is 15.4. The second-order valence-electron chi connectivity index (χ2n) is 5.07.